The maximum Gasteiger partial charge on any atom is 0.138 e. The summed E-state index contributed by atoms with van der Waals surface area (Å²) in [5.41, 5.74) is 2.91. The normalized spacial score (nSPS) is 14.7. The number of nitrogens with zero attached hydrogens (tertiary/aromatic N) is 2. The van der Waals surface area contributed by atoms with Gasteiger partial charge in [-0.15, -0.1) is 11.3 Å². The molecular formula is C15H13N3S. The number of hydrogen-bond donors (Lipinski definition) is 1. The highest BCUT2D eigenvalue weighted by Gasteiger charge is 2.21. The molecule has 4 heteroatoms. The molecule has 3 nitrogen and oxygen atoms in total. The third-order valence-corrected chi connectivity index (χ3v) is 4.47. The van der Waals surface area contributed by atoms with Gasteiger partial charge in [0.15, 0.2) is 0 Å². The molecule has 0 atom stereocenters. The third-order valence-electron chi connectivity index (χ3n) is 3.65. The molecule has 0 spiro atoms. The first-order chi connectivity index (χ1) is 9.40. The number of aromatic nitrogens is 2. The lowest BCUT2D eigenvalue weighted by Crippen LogP contribution is -2.20. The van der Waals surface area contributed by atoms with Gasteiger partial charge in [0, 0.05) is 6.04 Å². The zero-order valence-electron chi connectivity index (χ0n) is 10.3. The fourth-order valence-electron chi connectivity index (χ4n) is 2.76. The van der Waals surface area contributed by atoms with Crippen LogP contribution in [-0.2, 0) is 12.8 Å². The molecule has 94 valence electrons. The van der Waals surface area contributed by atoms with Crippen LogP contribution in [0.5, 0.6) is 0 Å². The highest BCUT2D eigenvalue weighted by atomic mass is 32.1. The summed E-state index contributed by atoms with van der Waals surface area (Å²) < 4.78 is 0. The van der Waals surface area contributed by atoms with Crippen molar-refractivity contribution in [3.05, 3.63) is 53.2 Å². The molecule has 0 saturated heterocycles. The van der Waals surface area contributed by atoms with Crippen molar-refractivity contribution in [2.45, 2.75) is 18.9 Å². The summed E-state index contributed by atoms with van der Waals surface area (Å²) in [6, 6.07) is 11.2. The van der Waals surface area contributed by atoms with E-state index in [-0.39, 0.29) is 0 Å². The van der Waals surface area contributed by atoms with Crippen LogP contribution in [0.15, 0.2) is 42.0 Å². The molecule has 0 bridgehead atoms. The van der Waals surface area contributed by atoms with Crippen molar-refractivity contribution in [1.82, 2.24) is 9.97 Å². The minimum atomic E-state index is 0.440. The summed E-state index contributed by atoms with van der Waals surface area (Å²) in [6.45, 7) is 0. The number of benzene rings is 1. The topological polar surface area (TPSA) is 37.8 Å². The Kier molecular flexibility index (Phi) is 2.48. The monoisotopic (exact) mass is 267 g/mol. The number of anilines is 1. The van der Waals surface area contributed by atoms with Gasteiger partial charge in [-0.1, -0.05) is 24.3 Å². The summed E-state index contributed by atoms with van der Waals surface area (Å²) >= 11 is 1.66. The number of rotatable bonds is 2. The first-order valence-electron chi connectivity index (χ1n) is 6.42. The quantitative estimate of drug-likeness (QED) is 0.774. The first kappa shape index (κ1) is 10.9. The van der Waals surface area contributed by atoms with Gasteiger partial charge >= 0.3 is 0 Å². The van der Waals surface area contributed by atoms with E-state index in [4.69, 9.17) is 0 Å². The summed E-state index contributed by atoms with van der Waals surface area (Å²) in [5, 5.41) is 6.76. The molecular weight excluding hydrogens is 254 g/mol. The van der Waals surface area contributed by atoms with Gasteiger partial charge in [0.05, 0.1) is 5.39 Å². The molecule has 0 aliphatic heterocycles. The van der Waals surface area contributed by atoms with Crippen LogP contribution in [0.25, 0.3) is 10.2 Å². The van der Waals surface area contributed by atoms with Crippen LogP contribution in [0.2, 0.25) is 0 Å². The third kappa shape index (κ3) is 1.88. The zero-order chi connectivity index (χ0) is 12.7. The van der Waals surface area contributed by atoms with Crippen LogP contribution in [0.1, 0.15) is 11.1 Å². The van der Waals surface area contributed by atoms with Crippen LogP contribution < -0.4 is 5.32 Å². The molecule has 2 heterocycles. The van der Waals surface area contributed by atoms with Gasteiger partial charge in [-0.05, 0) is 35.4 Å². The van der Waals surface area contributed by atoms with Crippen molar-refractivity contribution in [1.29, 1.82) is 0 Å². The number of thiophene rings is 1. The van der Waals surface area contributed by atoms with Gasteiger partial charge < -0.3 is 5.32 Å². The van der Waals surface area contributed by atoms with Crippen molar-refractivity contribution >= 4 is 27.4 Å². The Hall–Kier alpha value is -1.94. The Morgan fingerprint density at radius 1 is 1.05 bits per heavy atom. The van der Waals surface area contributed by atoms with Crippen LogP contribution in [0.4, 0.5) is 5.82 Å². The number of hydrogen-bond acceptors (Lipinski definition) is 4. The van der Waals surface area contributed by atoms with E-state index >= 15 is 0 Å². The molecule has 0 unspecified atom stereocenters. The van der Waals surface area contributed by atoms with Gasteiger partial charge in [-0.2, -0.15) is 0 Å². The number of fused-ring (bicyclic) bond motifs is 2. The van der Waals surface area contributed by atoms with Gasteiger partial charge in [-0.25, -0.2) is 9.97 Å². The van der Waals surface area contributed by atoms with Crippen molar-refractivity contribution in [2.24, 2.45) is 0 Å². The fraction of sp³-hybridized carbons (Fsp3) is 0.200. The smallest absolute Gasteiger partial charge is 0.138 e. The second-order valence-corrected chi connectivity index (χ2v) is 5.77. The fourth-order valence-corrected chi connectivity index (χ4v) is 3.49. The van der Waals surface area contributed by atoms with Crippen molar-refractivity contribution < 1.29 is 0 Å². The van der Waals surface area contributed by atoms with Gasteiger partial charge in [0.25, 0.3) is 0 Å². The van der Waals surface area contributed by atoms with Gasteiger partial charge in [-0.3, -0.25) is 0 Å². The lowest BCUT2D eigenvalue weighted by atomic mass is 10.1. The Bertz CT molecular complexity index is 710. The van der Waals surface area contributed by atoms with Crippen LogP contribution in [0.3, 0.4) is 0 Å². The van der Waals surface area contributed by atoms with Gasteiger partial charge in [0.2, 0.25) is 0 Å². The molecule has 1 N–H and O–H groups in total. The van der Waals surface area contributed by atoms with E-state index < -0.39 is 0 Å². The second kappa shape index (κ2) is 4.31. The summed E-state index contributed by atoms with van der Waals surface area (Å²) in [5.74, 6) is 0.962. The highest BCUT2D eigenvalue weighted by molar-refractivity contribution is 7.16. The van der Waals surface area contributed by atoms with E-state index in [1.165, 1.54) is 11.1 Å². The molecule has 2 aromatic heterocycles. The van der Waals surface area contributed by atoms with E-state index in [1.807, 2.05) is 0 Å². The average Bonchev–Trinajstić information content (AvgIpc) is 3.04. The molecule has 0 amide bonds. The van der Waals surface area contributed by atoms with E-state index in [0.29, 0.717) is 6.04 Å². The van der Waals surface area contributed by atoms with Crippen LogP contribution >= 0.6 is 11.3 Å². The summed E-state index contributed by atoms with van der Waals surface area (Å²) in [4.78, 5) is 9.72. The van der Waals surface area contributed by atoms with Crippen molar-refractivity contribution in [2.75, 3.05) is 5.32 Å². The Balaban J connectivity index is 1.62. The zero-order valence-corrected chi connectivity index (χ0v) is 11.2. The van der Waals surface area contributed by atoms with Crippen LogP contribution in [0, 0.1) is 0 Å². The summed E-state index contributed by atoms with van der Waals surface area (Å²) in [6.07, 6.45) is 3.79. The molecule has 0 radical (unpaired) electrons. The number of nitrogens with one attached hydrogen (secondary N) is 1. The van der Waals surface area contributed by atoms with Crippen LogP contribution in [-0.4, -0.2) is 16.0 Å². The molecule has 1 aliphatic carbocycles. The SMILES string of the molecule is c1ccc2c(c1)CC(Nc1ncnc3sccc13)C2. The maximum atomic E-state index is 4.39. The van der Waals surface area contributed by atoms with Gasteiger partial charge in [0.1, 0.15) is 17.0 Å². The minimum absolute atomic E-state index is 0.440. The van der Waals surface area contributed by atoms with E-state index in [1.54, 1.807) is 17.7 Å². The van der Waals surface area contributed by atoms with E-state index in [0.717, 1.165) is 28.9 Å². The molecule has 0 fully saturated rings. The standard InChI is InChI=1S/C15H13N3S/c1-2-4-11-8-12(7-10(11)3-1)18-14-13-5-6-19-15(13)17-9-16-14/h1-6,9,12H,7-8H2,(H,16,17,18). The average molecular weight is 267 g/mol. The Morgan fingerprint density at radius 2 is 1.84 bits per heavy atom. The van der Waals surface area contributed by atoms with Crippen molar-refractivity contribution in [3.8, 4) is 0 Å². The van der Waals surface area contributed by atoms with E-state index in [9.17, 15) is 0 Å². The van der Waals surface area contributed by atoms with Crippen molar-refractivity contribution in [3.63, 3.8) is 0 Å². The second-order valence-electron chi connectivity index (χ2n) is 4.88. The molecule has 4 rings (SSSR count). The predicted molar refractivity (Wildman–Crippen MR) is 78.7 cm³/mol. The molecule has 19 heavy (non-hydrogen) atoms. The lowest BCUT2D eigenvalue weighted by molar-refractivity contribution is 0.770. The highest BCUT2D eigenvalue weighted by Crippen LogP contribution is 2.28. The molecule has 3 aromatic rings. The largest absolute Gasteiger partial charge is 0.366 e. The molecule has 1 aromatic carbocycles. The maximum absolute atomic E-state index is 4.39. The lowest BCUT2D eigenvalue weighted by Gasteiger charge is -2.13. The molecule has 1 aliphatic rings. The first-order valence-corrected chi connectivity index (χ1v) is 7.29. The Labute approximate surface area is 115 Å². The Morgan fingerprint density at radius 3 is 2.63 bits per heavy atom. The predicted octanol–water partition coefficient (Wildman–Crippen LogP) is 3.27. The minimum Gasteiger partial charge on any atom is -0.366 e. The van der Waals surface area contributed by atoms with E-state index in [2.05, 4.69) is 51.0 Å². The summed E-state index contributed by atoms with van der Waals surface area (Å²) in [7, 11) is 0. The molecule has 0 saturated carbocycles.